The van der Waals surface area contributed by atoms with Crippen molar-refractivity contribution in [2.75, 3.05) is 19.5 Å². The largest absolute Gasteiger partial charge is 0.385 e. The molecule has 5 nitrogen and oxygen atoms in total. The minimum atomic E-state index is 0.563. The second-order valence-corrected chi connectivity index (χ2v) is 4.62. The monoisotopic (exact) mass is 256 g/mol. The standard InChI is InChI=1S/C14H16N4O/c1-19-6-2-3-9-4-5-10-8-11-13(15)17-18-14(11)16-12(10)7-9/h4-5,7-8H,2-3,6H2,1H3,(H3,15,16,17,18). The van der Waals surface area contributed by atoms with E-state index in [2.05, 4.69) is 33.4 Å². The van der Waals surface area contributed by atoms with Gasteiger partial charge in [0.1, 0.15) is 5.82 Å². The molecule has 0 radical (unpaired) electrons. The zero-order valence-corrected chi connectivity index (χ0v) is 10.8. The Kier molecular flexibility index (Phi) is 3.05. The number of nitrogen functional groups attached to an aromatic ring is 1. The molecule has 0 amide bonds. The number of pyridine rings is 1. The molecule has 3 N–H and O–H groups in total. The van der Waals surface area contributed by atoms with Crippen LogP contribution >= 0.6 is 0 Å². The first-order valence-corrected chi connectivity index (χ1v) is 6.30. The molecule has 1 aromatic carbocycles. The van der Waals surface area contributed by atoms with E-state index in [0.717, 1.165) is 35.7 Å². The van der Waals surface area contributed by atoms with Crippen LogP contribution in [0.25, 0.3) is 21.9 Å². The fraction of sp³-hybridized carbons (Fsp3) is 0.286. The van der Waals surface area contributed by atoms with Crippen molar-refractivity contribution in [2.24, 2.45) is 0 Å². The van der Waals surface area contributed by atoms with Crippen LogP contribution in [-0.4, -0.2) is 28.9 Å². The minimum absolute atomic E-state index is 0.563. The van der Waals surface area contributed by atoms with E-state index in [1.807, 2.05) is 6.07 Å². The number of ether oxygens (including phenoxy) is 1. The zero-order chi connectivity index (χ0) is 13.2. The maximum absolute atomic E-state index is 5.81. The molecule has 0 aliphatic heterocycles. The molecular weight excluding hydrogens is 240 g/mol. The summed E-state index contributed by atoms with van der Waals surface area (Å²) in [6.45, 7) is 0.778. The molecule has 2 aromatic heterocycles. The van der Waals surface area contributed by atoms with Gasteiger partial charge in [-0.1, -0.05) is 12.1 Å². The molecule has 98 valence electrons. The summed E-state index contributed by atoms with van der Waals surface area (Å²) >= 11 is 0. The van der Waals surface area contributed by atoms with Crippen LogP contribution < -0.4 is 5.73 Å². The van der Waals surface area contributed by atoms with Crippen LogP contribution in [0.15, 0.2) is 24.3 Å². The van der Waals surface area contributed by atoms with E-state index in [-0.39, 0.29) is 0 Å². The Hall–Kier alpha value is -2.14. The lowest BCUT2D eigenvalue weighted by Crippen LogP contribution is -1.93. The van der Waals surface area contributed by atoms with Crippen LogP contribution in [0.3, 0.4) is 0 Å². The van der Waals surface area contributed by atoms with Crippen LogP contribution in [0.2, 0.25) is 0 Å². The molecule has 0 aliphatic rings. The number of hydrogen-bond acceptors (Lipinski definition) is 4. The van der Waals surface area contributed by atoms with Gasteiger partial charge in [0.15, 0.2) is 5.65 Å². The number of nitrogens with two attached hydrogens (primary N) is 1. The quantitative estimate of drug-likeness (QED) is 0.702. The fourth-order valence-electron chi connectivity index (χ4n) is 2.24. The number of aryl methyl sites for hydroxylation is 1. The Labute approximate surface area is 110 Å². The third-order valence-corrected chi connectivity index (χ3v) is 3.25. The highest BCUT2D eigenvalue weighted by Gasteiger charge is 2.06. The molecule has 0 spiro atoms. The van der Waals surface area contributed by atoms with E-state index in [1.54, 1.807) is 7.11 Å². The number of rotatable bonds is 4. The van der Waals surface area contributed by atoms with Gasteiger partial charge >= 0.3 is 0 Å². The first-order chi connectivity index (χ1) is 9.28. The summed E-state index contributed by atoms with van der Waals surface area (Å²) in [5.74, 6) is 0.563. The maximum atomic E-state index is 5.81. The van der Waals surface area contributed by atoms with Gasteiger partial charge in [0, 0.05) is 19.1 Å². The summed E-state index contributed by atoms with van der Waals surface area (Å²) in [7, 11) is 1.72. The number of nitrogens with zero attached hydrogens (tertiary/aromatic N) is 2. The lowest BCUT2D eigenvalue weighted by atomic mass is 10.1. The second kappa shape index (κ2) is 4.85. The van der Waals surface area contributed by atoms with E-state index >= 15 is 0 Å². The van der Waals surface area contributed by atoms with Crippen molar-refractivity contribution in [3.63, 3.8) is 0 Å². The number of benzene rings is 1. The summed E-state index contributed by atoms with van der Waals surface area (Å²) in [4.78, 5) is 4.53. The number of aromatic amines is 1. The molecule has 3 aromatic rings. The average Bonchev–Trinajstić information content (AvgIpc) is 2.78. The van der Waals surface area contributed by atoms with E-state index in [1.165, 1.54) is 5.56 Å². The SMILES string of the molecule is COCCCc1ccc2cc3c(N)[nH]nc3nc2c1. The van der Waals surface area contributed by atoms with Gasteiger partial charge in [0.05, 0.1) is 10.9 Å². The minimum Gasteiger partial charge on any atom is -0.385 e. The Morgan fingerprint density at radius 3 is 3.05 bits per heavy atom. The Morgan fingerprint density at radius 1 is 1.32 bits per heavy atom. The lowest BCUT2D eigenvalue weighted by molar-refractivity contribution is 0.195. The summed E-state index contributed by atoms with van der Waals surface area (Å²) in [6.07, 6.45) is 2.01. The topological polar surface area (TPSA) is 76.8 Å². The van der Waals surface area contributed by atoms with Gasteiger partial charge in [-0.25, -0.2) is 4.98 Å². The molecular formula is C14H16N4O. The maximum Gasteiger partial charge on any atom is 0.183 e. The number of methoxy groups -OCH3 is 1. The molecule has 3 rings (SSSR count). The van der Waals surface area contributed by atoms with Crippen molar-refractivity contribution >= 4 is 27.8 Å². The number of aromatic nitrogens is 3. The van der Waals surface area contributed by atoms with Gasteiger partial charge in [-0.3, -0.25) is 5.10 Å². The van der Waals surface area contributed by atoms with Gasteiger partial charge in [-0.05, 0) is 30.5 Å². The fourth-order valence-corrected chi connectivity index (χ4v) is 2.24. The van der Waals surface area contributed by atoms with Crippen LogP contribution in [-0.2, 0) is 11.2 Å². The summed E-state index contributed by atoms with van der Waals surface area (Å²) in [6, 6.07) is 8.34. The van der Waals surface area contributed by atoms with Gasteiger partial charge in [-0.15, -0.1) is 0 Å². The van der Waals surface area contributed by atoms with Gasteiger partial charge in [0.25, 0.3) is 0 Å². The zero-order valence-electron chi connectivity index (χ0n) is 10.8. The predicted octanol–water partition coefficient (Wildman–Crippen LogP) is 2.27. The molecule has 0 saturated heterocycles. The highest BCUT2D eigenvalue weighted by molar-refractivity contribution is 5.96. The second-order valence-electron chi connectivity index (χ2n) is 4.62. The molecule has 5 heteroatoms. The van der Waals surface area contributed by atoms with Crippen molar-refractivity contribution in [1.82, 2.24) is 15.2 Å². The molecule has 0 unspecified atom stereocenters. The average molecular weight is 256 g/mol. The molecule has 19 heavy (non-hydrogen) atoms. The van der Waals surface area contributed by atoms with Gasteiger partial charge < -0.3 is 10.5 Å². The van der Waals surface area contributed by atoms with E-state index in [9.17, 15) is 0 Å². The van der Waals surface area contributed by atoms with Crippen LogP contribution in [0.4, 0.5) is 5.82 Å². The Bertz CT molecular complexity index is 720. The molecule has 0 saturated carbocycles. The lowest BCUT2D eigenvalue weighted by Gasteiger charge is -2.03. The molecule has 0 atom stereocenters. The number of fused-ring (bicyclic) bond motifs is 2. The molecule has 0 aliphatic carbocycles. The number of hydrogen-bond donors (Lipinski definition) is 2. The molecule has 2 heterocycles. The van der Waals surface area contributed by atoms with Gasteiger partial charge in [0.2, 0.25) is 0 Å². The smallest absolute Gasteiger partial charge is 0.183 e. The molecule has 0 bridgehead atoms. The van der Waals surface area contributed by atoms with Crippen molar-refractivity contribution in [3.8, 4) is 0 Å². The molecule has 0 fully saturated rings. The summed E-state index contributed by atoms with van der Waals surface area (Å²) < 4.78 is 5.07. The van der Waals surface area contributed by atoms with E-state index < -0.39 is 0 Å². The van der Waals surface area contributed by atoms with Crippen LogP contribution in [0.1, 0.15) is 12.0 Å². The van der Waals surface area contributed by atoms with Crippen molar-refractivity contribution in [1.29, 1.82) is 0 Å². The summed E-state index contributed by atoms with van der Waals surface area (Å²) in [5.41, 5.74) is 8.69. The van der Waals surface area contributed by atoms with E-state index in [0.29, 0.717) is 11.5 Å². The van der Waals surface area contributed by atoms with Crippen LogP contribution in [0.5, 0.6) is 0 Å². The highest BCUT2D eigenvalue weighted by Crippen LogP contribution is 2.23. The third-order valence-electron chi connectivity index (χ3n) is 3.25. The van der Waals surface area contributed by atoms with Crippen molar-refractivity contribution in [2.45, 2.75) is 12.8 Å². The first-order valence-electron chi connectivity index (χ1n) is 6.30. The predicted molar refractivity (Wildman–Crippen MR) is 76.0 cm³/mol. The van der Waals surface area contributed by atoms with Crippen LogP contribution in [0, 0.1) is 0 Å². The van der Waals surface area contributed by atoms with Crippen molar-refractivity contribution in [3.05, 3.63) is 29.8 Å². The number of nitrogens with one attached hydrogen (secondary N) is 1. The normalized spacial score (nSPS) is 11.4. The number of H-pyrrole nitrogens is 1. The summed E-state index contributed by atoms with van der Waals surface area (Å²) in [5, 5.41) is 8.80. The highest BCUT2D eigenvalue weighted by atomic mass is 16.5. The van der Waals surface area contributed by atoms with Gasteiger partial charge in [-0.2, -0.15) is 5.10 Å². The Morgan fingerprint density at radius 2 is 2.21 bits per heavy atom. The van der Waals surface area contributed by atoms with E-state index in [4.69, 9.17) is 10.5 Å². The van der Waals surface area contributed by atoms with Crippen molar-refractivity contribution < 1.29 is 4.74 Å². The first kappa shape index (κ1) is 11.9. The third kappa shape index (κ3) is 2.24. The Balaban J connectivity index is 2.00. The number of anilines is 1.